The Kier molecular flexibility index (Phi) is 21.5. The molecule has 2 aromatic carbocycles. The molecule has 2 saturated heterocycles. The second kappa shape index (κ2) is 27.8. The number of aromatic nitrogens is 8. The number of halogens is 2. The summed E-state index contributed by atoms with van der Waals surface area (Å²) < 4.78 is 107. The molecule has 2 fully saturated rings. The monoisotopic (exact) mass is 1240 g/mol. The lowest BCUT2D eigenvalue weighted by Crippen LogP contribution is -2.41. The van der Waals surface area contributed by atoms with Crippen molar-refractivity contribution < 1.29 is 84.3 Å². The SMILES string of the molecule is CC(C)OC(=O)[C@H](C)N[P@@](=O)(OC[C@H]1O[C@@H](n2cnc3c(NC(=O)C(C)C)ncnc32)[C@](C)(F)[C@@H]1O)Oc1ccccc1.CC(C)OC(=O)[C@H](C)N[P@](=O)(OC[C@H]1O[C@@H](n2cnc3c(NC(=O)C(C)C)ncnc32)[C@](C)(F)[C@@H]1O)Oc1ccccc1. The number of alkyl halides is 2. The molecular weight excluding hydrogens is 1170 g/mol. The van der Waals surface area contributed by atoms with Crippen LogP contribution in [0.1, 0.15) is 95.5 Å². The predicted octanol–water partition coefficient (Wildman–Crippen LogP) is 7.08. The van der Waals surface area contributed by atoms with Gasteiger partial charge in [0, 0.05) is 11.8 Å². The fourth-order valence-electron chi connectivity index (χ4n) is 8.47. The Bertz CT molecular complexity index is 3190. The molecule has 0 aliphatic carbocycles. The van der Waals surface area contributed by atoms with Crippen LogP contribution >= 0.6 is 15.5 Å². The van der Waals surface area contributed by atoms with Gasteiger partial charge in [-0.2, -0.15) is 10.2 Å². The quantitative estimate of drug-likeness (QED) is 0.0260. The number of carbonyl (C=O) groups is 4. The van der Waals surface area contributed by atoms with E-state index in [1.165, 1.54) is 72.6 Å². The molecule has 2 aliphatic rings. The molecule has 8 rings (SSSR count). The summed E-state index contributed by atoms with van der Waals surface area (Å²) in [5.41, 5.74) is -4.10. The molecule has 6 N–H and O–H groups in total. The van der Waals surface area contributed by atoms with Crippen molar-refractivity contribution in [2.24, 2.45) is 11.8 Å². The molecule has 6 aromatic rings. The van der Waals surface area contributed by atoms with Gasteiger partial charge in [-0.1, -0.05) is 64.1 Å². The van der Waals surface area contributed by atoms with E-state index < -0.39 is 113 Å². The standard InChI is InChI=1S/2C27H36FN6O8P/c2*1-15(2)24(36)32-22-20-23(30-13-29-22)34(14-31-20)26-27(6,28)21(35)19(41-26)12-39-43(38,42-18-10-8-7-9-11-18)33-17(5)25(37)40-16(3)4/h2*7-11,13-17,19,21,26,35H,12H2,1-6H3,(H,33,38)(H,29,30,32,36)/t17-,19+,21+,26+,27+,43+;17-,19+,21+,26+,27+,43-/m00/s1. The number of amides is 2. The van der Waals surface area contributed by atoms with E-state index in [0.717, 1.165) is 13.8 Å². The second-order valence-electron chi connectivity index (χ2n) is 21.7. The topological polar surface area (TPSA) is 352 Å². The first-order chi connectivity index (χ1) is 40.4. The highest BCUT2D eigenvalue weighted by atomic mass is 31.2. The Morgan fingerprint density at radius 2 is 0.930 bits per heavy atom. The predicted molar refractivity (Wildman–Crippen MR) is 305 cm³/mol. The normalized spacial score (nSPS) is 24.2. The lowest BCUT2D eigenvalue weighted by atomic mass is 9.98. The summed E-state index contributed by atoms with van der Waals surface area (Å²) >= 11 is 0. The molecule has 32 heteroatoms. The zero-order valence-electron chi connectivity index (χ0n) is 49.3. The number of benzene rings is 2. The second-order valence-corrected chi connectivity index (χ2v) is 25.1. The van der Waals surface area contributed by atoms with Crippen LogP contribution in [0.4, 0.5) is 20.4 Å². The van der Waals surface area contributed by atoms with Crippen molar-refractivity contribution in [2.75, 3.05) is 23.8 Å². The van der Waals surface area contributed by atoms with Gasteiger partial charge in [-0.3, -0.25) is 37.4 Å². The molecule has 0 unspecified atom stereocenters. The number of ether oxygens (including phenoxy) is 4. The number of nitrogens with one attached hydrogen (secondary N) is 4. The highest BCUT2D eigenvalue weighted by molar-refractivity contribution is 7.52. The summed E-state index contributed by atoms with van der Waals surface area (Å²) in [6.45, 7) is 17.5. The Labute approximate surface area is 494 Å². The highest BCUT2D eigenvalue weighted by Gasteiger charge is 2.57. The van der Waals surface area contributed by atoms with E-state index in [1.54, 1.807) is 91.8 Å². The van der Waals surface area contributed by atoms with Crippen LogP contribution in [0.25, 0.3) is 22.3 Å². The van der Waals surface area contributed by atoms with Crippen LogP contribution in [0.15, 0.2) is 86.0 Å². The first-order valence-corrected chi connectivity index (χ1v) is 30.5. The maximum absolute atomic E-state index is 16.1. The number of esters is 2. The van der Waals surface area contributed by atoms with Crippen molar-refractivity contribution in [3.8, 4) is 11.5 Å². The summed E-state index contributed by atoms with van der Waals surface area (Å²) in [6, 6.07) is 14.0. The number of hydrogen-bond donors (Lipinski definition) is 6. The van der Waals surface area contributed by atoms with Gasteiger partial charge in [-0.05, 0) is 79.7 Å². The van der Waals surface area contributed by atoms with Gasteiger partial charge in [0.05, 0.1) is 38.1 Å². The third-order valence-corrected chi connectivity index (χ3v) is 16.3. The van der Waals surface area contributed by atoms with Gasteiger partial charge >= 0.3 is 27.4 Å². The van der Waals surface area contributed by atoms with Crippen molar-refractivity contribution in [1.82, 2.24) is 49.2 Å². The number of para-hydroxylation sites is 2. The molecule has 28 nitrogen and oxygen atoms in total. The van der Waals surface area contributed by atoms with Gasteiger partial charge < -0.3 is 48.8 Å². The largest absolute Gasteiger partial charge is 0.462 e. The van der Waals surface area contributed by atoms with Gasteiger partial charge in [0.2, 0.25) is 11.8 Å². The van der Waals surface area contributed by atoms with E-state index in [-0.39, 0.29) is 69.1 Å². The Balaban J connectivity index is 0.000000246. The zero-order chi connectivity index (χ0) is 63.1. The number of fused-ring (bicyclic) bond motifs is 2. The minimum atomic E-state index is -4.31. The van der Waals surface area contributed by atoms with Crippen LogP contribution in [0.5, 0.6) is 11.5 Å². The number of anilines is 2. The molecule has 0 bridgehead atoms. The third kappa shape index (κ3) is 16.0. The third-order valence-electron chi connectivity index (χ3n) is 13.1. The average Bonchev–Trinajstić information content (AvgIpc) is 1.65. The molecule has 86 heavy (non-hydrogen) atoms. The van der Waals surface area contributed by atoms with E-state index in [9.17, 15) is 38.5 Å². The van der Waals surface area contributed by atoms with Gasteiger partial charge in [0.1, 0.15) is 60.7 Å². The summed E-state index contributed by atoms with van der Waals surface area (Å²) in [6.07, 6.45) is -4.96. The van der Waals surface area contributed by atoms with Crippen molar-refractivity contribution in [3.63, 3.8) is 0 Å². The Morgan fingerprint density at radius 1 is 0.581 bits per heavy atom. The van der Waals surface area contributed by atoms with Crippen LogP contribution in [0, 0.1) is 11.8 Å². The fourth-order valence-corrected chi connectivity index (χ4v) is 11.5. The number of nitrogens with zero attached hydrogens (tertiary/aromatic N) is 8. The summed E-state index contributed by atoms with van der Waals surface area (Å²) in [5, 5.41) is 32.2. The highest BCUT2D eigenvalue weighted by Crippen LogP contribution is 2.50. The first kappa shape index (κ1) is 66.5. The molecular formula is C54H72F2N12O16P2. The zero-order valence-corrected chi connectivity index (χ0v) is 51.1. The Morgan fingerprint density at radius 3 is 1.26 bits per heavy atom. The molecule has 468 valence electrons. The number of imidazole rings is 2. The van der Waals surface area contributed by atoms with E-state index >= 15 is 8.78 Å². The van der Waals surface area contributed by atoms with E-state index in [4.69, 9.17) is 37.0 Å². The van der Waals surface area contributed by atoms with Crippen LogP contribution in [-0.4, -0.2) is 146 Å². The van der Waals surface area contributed by atoms with Crippen molar-refractivity contribution in [2.45, 2.75) is 156 Å². The van der Waals surface area contributed by atoms with Crippen molar-refractivity contribution in [1.29, 1.82) is 0 Å². The molecule has 0 saturated carbocycles. The molecule has 0 spiro atoms. The molecule has 12 atom stereocenters. The van der Waals surface area contributed by atoms with Gasteiger partial charge in [-0.15, -0.1) is 0 Å². The first-order valence-electron chi connectivity index (χ1n) is 27.4. The molecule has 2 amide bonds. The molecule has 6 heterocycles. The lowest BCUT2D eigenvalue weighted by Gasteiger charge is -2.25. The number of carbonyl (C=O) groups excluding carboxylic acids is 4. The molecule has 0 radical (unpaired) electrons. The van der Waals surface area contributed by atoms with E-state index in [2.05, 4.69) is 50.7 Å². The number of rotatable bonds is 24. The minimum Gasteiger partial charge on any atom is -0.462 e. The number of aliphatic hydroxyl groups excluding tert-OH is 2. The average molecular weight is 1250 g/mol. The smallest absolute Gasteiger partial charge is 0.459 e. The maximum Gasteiger partial charge on any atom is 0.459 e. The van der Waals surface area contributed by atoms with Crippen LogP contribution in [0.2, 0.25) is 0 Å². The summed E-state index contributed by atoms with van der Waals surface area (Å²) in [4.78, 5) is 74.2. The summed E-state index contributed by atoms with van der Waals surface area (Å²) in [5.74, 6) is -2.00. The van der Waals surface area contributed by atoms with Crippen molar-refractivity contribution in [3.05, 3.63) is 86.0 Å². The Hall–Kier alpha value is -6.98. The van der Waals surface area contributed by atoms with E-state index in [1.807, 2.05) is 0 Å². The number of aliphatic hydroxyl groups is 2. The molecule has 2 aliphatic heterocycles. The number of hydrogen-bond acceptors (Lipinski definition) is 22. The van der Waals surface area contributed by atoms with Gasteiger partial charge in [0.25, 0.3) is 0 Å². The lowest BCUT2D eigenvalue weighted by molar-refractivity contribution is -0.150. The minimum absolute atomic E-state index is 0.136. The summed E-state index contributed by atoms with van der Waals surface area (Å²) in [7, 11) is -8.61. The van der Waals surface area contributed by atoms with Crippen LogP contribution < -0.4 is 29.9 Å². The van der Waals surface area contributed by atoms with Crippen LogP contribution in [0.3, 0.4) is 0 Å². The van der Waals surface area contributed by atoms with Gasteiger partial charge in [-0.25, -0.2) is 47.8 Å². The van der Waals surface area contributed by atoms with Crippen LogP contribution in [-0.2, 0) is 56.3 Å². The van der Waals surface area contributed by atoms with E-state index in [0.29, 0.717) is 0 Å². The molecule has 4 aromatic heterocycles. The maximum atomic E-state index is 16.1. The van der Waals surface area contributed by atoms with Crippen molar-refractivity contribution >= 4 is 73.2 Å². The van der Waals surface area contributed by atoms with Gasteiger partial charge in [0.15, 0.2) is 57.8 Å². The fraction of sp³-hybridized carbons (Fsp3) is 0.519.